The average Bonchev–Trinajstić information content (AvgIpc) is 3.19. The summed E-state index contributed by atoms with van der Waals surface area (Å²) < 4.78 is 26.7. The van der Waals surface area contributed by atoms with Crippen molar-refractivity contribution in [1.29, 1.82) is 0 Å². The molecule has 0 aliphatic carbocycles. The van der Waals surface area contributed by atoms with E-state index in [1.807, 2.05) is 32.0 Å². The lowest BCUT2D eigenvalue weighted by atomic mass is 10.1. The van der Waals surface area contributed by atoms with Crippen molar-refractivity contribution in [3.8, 4) is 0 Å². The van der Waals surface area contributed by atoms with Gasteiger partial charge in [-0.1, -0.05) is 29.8 Å². The maximum atomic E-state index is 12.6. The summed E-state index contributed by atoms with van der Waals surface area (Å²) in [5.74, 6) is -0.450. The minimum atomic E-state index is -3.55. The third-order valence-electron chi connectivity index (χ3n) is 4.59. The van der Waals surface area contributed by atoms with Gasteiger partial charge < -0.3 is 0 Å². The van der Waals surface area contributed by atoms with Crippen molar-refractivity contribution >= 4 is 22.1 Å². The minimum Gasteiger partial charge on any atom is -0.267 e. The fourth-order valence-electron chi connectivity index (χ4n) is 3.07. The number of hydrazone groups is 1. The van der Waals surface area contributed by atoms with E-state index in [9.17, 15) is 13.2 Å². The highest BCUT2D eigenvalue weighted by Gasteiger charge is 2.27. The van der Waals surface area contributed by atoms with E-state index in [-0.39, 0.29) is 10.5 Å². The van der Waals surface area contributed by atoms with Crippen LogP contribution in [-0.4, -0.2) is 37.9 Å². The molecule has 0 atom stereocenters. The third kappa shape index (κ3) is 4.43. The van der Waals surface area contributed by atoms with Crippen LogP contribution in [0, 0.1) is 13.8 Å². The number of nitrogens with zero attached hydrogens (tertiary/aromatic N) is 2. The highest BCUT2D eigenvalue weighted by molar-refractivity contribution is 7.89. The Morgan fingerprint density at radius 2 is 1.85 bits per heavy atom. The van der Waals surface area contributed by atoms with E-state index in [1.165, 1.54) is 16.4 Å². The monoisotopic (exact) mass is 385 g/mol. The number of amides is 1. The van der Waals surface area contributed by atoms with E-state index in [2.05, 4.69) is 10.5 Å². The second-order valence-electron chi connectivity index (χ2n) is 6.70. The number of nitrogens with one attached hydrogen (secondary N) is 1. The molecule has 2 aromatic rings. The molecule has 0 aromatic heterocycles. The van der Waals surface area contributed by atoms with Crippen molar-refractivity contribution in [1.82, 2.24) is 9.73 Å². The van der Waals surface area contributed by atoms with E-state index >= 15 is 0 Å². The van der Waals surface area contributed by atoms with Gasteiger partial charge in [0.15, 0.2) is 0 Å². The quantitative estimate of drug-likeness (QED) is 0.635. The first kappa shape index (κ1) is 19.3. The zero-order chi connectivity index (χ0) is 19.4. The summed E-state index contributed by atoms with van der Waals surface area (Å²) in [6.45, 7) is 5.04. The minimum absolute atomic E-state index is 0.135. The lowest BCUT2D eigenvalue weighted by Gasteiger charge is -2.15. The Labute approximate surface area is 159 Å². The Hall–Kier alpha value is -2.51. The van der Waals surface area contributed by atoms with Crippen LogP contribution in [0.1, 0.15) is 39.9 Å². The average molecular weight is 385 g/mol. The number of sulfonamides is 1. The molecular weight excluding hydrogens is 362 g/mol. The SMILES string of the molecule is Cc1ccc(/C=N/NC(=O)c2cccc(S(=O)(=O)N3CCCC3)c2)c(C)c1. The van der Waals surface area contributed by atoms with Crippen LogP contribution in [0.15, 0.2) is 52.5 Å². The molecular formula is C20H23N3O3S. The molecule has 1 amide bonds. The van der Waals surface area contributed by atoms with Gasteiger partial charge in [0.05, 0.1) is 11.1 Å². The molecule has 0 saturated carbocycles. The summed E-state index contributed by atoms with van der Waals surface area (Å²) in [5, 5.41) is 3.99. The number of hydrogen-bond donors (Lipinski definition) is 1. The van der Waals surface area contributed by atoms with Crippen LogP contribution in [0.4, 0.5) is 0 Å². The first-order valence-electron chi connectivity index (χ1n) is 8.89. The van der Waals surface area contributed by atoms with Gasteiger partial charge in [-0.15, -0.1) is 0 Å². The smallest absolute Gasteiger partial charge is 0.267 e. The molecule has 6 nitrogen and oxygen atoms in total. The molecule has 7 heteroatoms. The Morgan fingerprint density at radius 3 is 2.56 bits per heavy atom. The molecule has 0 unspecified atom stereocenters. The molecule has 1 aliphatic heterocycles. The topological polar surface area (TPSA) is 78.8 Å². The second kappa shape index (κ2) is 8.02. The molecule has 1 aliphatic rings. The first-order chi connectivity index (χ1) is 12.9. The maximum absolute atomic E-state index is 12.6. The van der Waals surface area contributed by atoms with Crippen molar-refractivity contribution in [3.05, 3.63) is 64.7 Å². The molecule has 1 N–H and O–H groups in total. The van der Waals surface area contributed by atoms with Gasteiger partial charge in [0.25, 0.3) is 5.91 Å². The number of hydrogen-bond acceptors (Lipinski definition) is 4. The van der Waals surface area contributed by atoms with E-state index in [4.69, 9.17) is 0 Å². The second-order valence-corrected chi connectivity index (χ2v) is 8.64. The standard InChI is InChI=1S/C20H23N3O3S/c1-15-8-9-18(16(2)12-15)14-21-22-20(24)17-6-5-7-19(13-17)27(25,26)23-10-3-4-11-23/h5-9,12-14H,3-4,10-11H2,1-2H3,(H,22,24)/b21-14+. The van der Waals surface area contributed by atoms with Crippen molar-refractivity contribution in [3.63, 3.8) is 0 Å². The summed E-state index contributed by atoms with van der Waals surface area (Å²) in [4.78, 5) is 12.5. The molecule has 27 heavy (non-hydrogen) atoms. The largest absolute Gasteiger partial charge is 0.271 e. The van der Waals surface area contributed by atoms with Crippen molar-refractivity contribution in [2.75, 3.05) is 13.1 Å². The summed E-state index contributed by atoms with van der Waals surface area (Å²) in [7, 11) is -3.55. The van der Waals surface area contributed by atoms with Crippen molar-refractivity contribution in [2.24, 2.45) is 5.10 Å². The van der Waals surface area contributed by atoms with Crippen LogP contribution in [0.3, 0.4) is 0 Å². The summed E-state index contributed by atoms with van der Waals surface area (Å²) in [6, 6.07) is 12.0. The predicted octanol–water partition coefficient (Wildman–Crippen LogP) is 2.85. The predicted molar refractivity (Wildman–Crippen MR) is 105 cm³/mol. The number of aryl methyl sites for hydroxylation is 2. The molecule has 0 bridgehead atoms. The molecule has 1 heterocycles. The number of carbonyl (C=O) groups excluding carboxylic acids is 1. The van der Waals surface area contributed by atoms with Gasteiger partial charge in [0.2, 0.25) is 10.0 Å². The van der Waals surface area contributed by atoms with Crippen LogP contribution < -0.4 is 5.43 Å². The highest BCUT2D eigenvalue weighted by atomic mass is 32.2. The first-order valence-corrected chi connectivity index (χ1v) is 10.3. The van der Waals surface area contributed by atoms with Gasteiger partial charge in [-0.05, 0) is 56.0 Å². The van der Waals surface area contributed by atoms with Crippen molar-refractivity contribution in [2.45, 2.75) is 31.6 Å². The van der Waals surface area contributed by atoms with E-state index < -0.39 is 15.9 Å². The normalized spacial score (nSPS) is 15.3. The van der Waals surface area contributed by atoms with Crippen LogP contribution in [0.2, 0.25) is 0 Å². The van der Waals surface area contributed by atoms with Gasteiger partial charge in [0.1, 0.15) is 0 Å². The molecule has 2 aromatic carbocycles. The molecule has 1 fully saturated rings. The van der Waals surface area contributed by atoms with Gasteiger partial charge in [-0.3, -0.25) is 4.79 Å². The fraction of sp³-hybridized carbons (Fsp3) is 0.300. The summed E-state index contributed by atoms with van der Waals surface area (Å²) in [6.07, 6.45) is 3.32. The molecule has 3 rings (SSSR count). The lowest BCUT2D eigenvalue weighted by Crippen LogP contribution is -2.28. The summed E-state index contributed by atoms with van der Waals surface area (Å²) in [5.41, 5.74) is 5.84. The van der Waals surface area contributed by atoms with Crippen LogP contribution in [-0.2, 0) is 10.0 Å². The van der Waals surface area contributed by atoms with Crippen LogP contribution >= 0.6 is 0 Å². The van der Waals surface area contributed by atoms with Gasteiger partial charge in [-0.25, -0.2) is 13.8 Å². The Morgan fingerprint density at radius 1 is 1.11 bits per heavy atom. The third-order valence-corrected chi connectivity index (χ3v) is 6.49. The van der Waals surface area contributed by atoms with Gasteiger partial charge in [0, 0.05) is 18.7 Å². The maximum Gasteiger partial charge on any atom is 0.271 e. The van der Waals surface area contributed by atoms with Crippen LogP contribution in [0.5, 0.6) is 0 Å². The number of rotatable bonds is 5. The van der Waals surface area contributed by atoms with E-state index in [0.717, 1.165) is 29.5 Å². The molecule has 0 spiro atoms. The zero-order valence-corrected chi connectivity index (χ0v) is 16.3. The van der Waals surface area contributed by atoms with Gasteiger partial charge >= 0.3 is 0 Å². The van der Waals surface area contributed by atoms with E-state index in [1.54, 1.807) is 18.3 Å². The Bertz CT molecular complexity index is 978. The number of carbonyl (C=O) groups is 1. The highest BCUT2D eigenvalue weighted by Crippen LogP contribution is 2.21. The zero-order valence-electron chi connectivity index (χ0n) is 15.5. The summed E-state index contributed by atoms with van der Waals surface area (Å²) >= 11 is 0. The van der Waals surface area contributed by atoms with E-state index in [0.29, 0.717) is 13.1 Å². The Kier molecular flexibility index (Phi) is 5.72. The van der Waals surface area contributed by atoms with Crippen LogP contribution in [0.25, 0.3) is 0 Å². The fourth-order valence-corrected chi connectivity index (χ4v) is 4.63. The van der Waals surface area contributed by atoms with Crippen molar-refractivity contribution < 1.29 is 13.2 Å². The number of benzene rings is 2. The van der Waals surface area contributed by atoms with Gasteiger partial charge in [-0.2, -0.15) is 9.41 Å². The molecule has 1 saturated heterocycles. The Balaban J connectivity index is 1.73. The molecule has 142 valence electrons. The molecule has 0 radical (unpaired) electrons. The lowest BCUT2D eigenvalue weighted by molar-refractivity contribution is 0.0955.